The number of aromatic amines is 1. The van der Waals surface area contributed by atoms with E-state index in [0.29, 0.717) is 42.9 Å². The quantitative estimate of drug-likeness (QED) is 0.310. The Balaban J connectivity index is 1.37. The first-order valence-electron chi connectivity index (χ1n) is 8.63. The molecule has 1 aromatic carbocycles. The Labute approximate surface area is 160 Å². The molecule has 3 aromatic rings. The number of halogens is 2. The molecule has 3 N–H and O–H groups in total. The second-order valence-electron chi connectivity index (χ2n) is 5.68. The summed E-state index contributed by atoms with van der Waals surface area (Å²) in [7, 11) is 1.64. The SMILES string of the molecule is CN=C(NCCOc1ccc(F)cc1F)NCCc1nc(-c2ccco2)n[nH]1. The molecule has 2 heterocycles. The number of furan rings is 1. The number of aromatic nitrogens is 3. The van der Waals surface area contributed by atoms with Gasteiger partial charge in [-0.2, -0.15) is 5.10 Å². The van der Waals surface area contributed by atoms with Crippen LogP contribution < -0.4 is 15.4 Å². The number of nitrogens with zero attached hydrogens (tertiary/aromatic N) is 3. The summed E-state index contributed by atoms with van der Waals surface area (Å²) in [6, 6.07) is 6.75. The Kier molecular flexibility index (Phi) is 6.55. The number of H-pyrrole nitrogens is 1. The summed E-state index contributed by atoms with van der Waals surface area (Å²) in [4.78, 5) is 8.45. The number of aliphatic imine (C=N–C) groups is 1. The van der Waals surface area contributed by atoms with Gasteiger partial charge in [0.1, 0.15) is 18.2 Å². The average Bonchev–Trinajstić information content (AvgIpc) is 3.36. The summed E-state index contributed by atoms with van der Waals surface area (Å²) in [6.45, 7) is 1.15. The molecule has 8 nitrogen and oxygen atoms in total. The fourth-order valence-corrected chi connectivity index (χ4v) is 2.37. The largest absolute Gasteiger partial charge is 0.489 e. The topological polar surface area (TPSA) is 100 Å². The van der Waals surface area contributed by atoms with E-state index in [-0.39, 0.29) is 12.4 Å². The summed E-state index contributed by atoms with van der Waals surface area (Å²) < 4.78 is 36.9. The van der Waals surface area contributed by atoms with Crippen LogP contribution in [-0.2, 0) is 6.42 Å². The molecule has 0 aliphatic heterocycles. The number of hydrogen-bond acceptors (Lipinski definition) is 5. The Morgan fingerprint density at radius 1 is 1.25 bits per heavy atom. The standard InChI is InChI=1S/C18H20F2N6O2/c1-21-18(23-8-10-28-14-5-4-12(19)11-13(14)20)22-7-6-16-24-17(26-25-16)15-3-2-9-27-15/h2-5,9,11H,6-8,10H2,1H3,(H2,21,22,23)(H,24,25,26). The number of guanidine groups is 1. The van der Waals surface area contributed by atoms with Crippen LogP contribution in [0, 0.1) is 11.6 Å². The molecule has 10 heteroatoms. The van der Waals surface area contributed by atoms with Crippen molar-refractivity contribution >= 4 is 5.96 Å². The summed E-state index contributed by atoms with van der Waals surface area (Å²) in [6.07, 6.45) is 2.17. The molecule has 148 valence electrons. The molecule has 0 saturated heterocycles. The lowest BCUT2D eigenvalue weighted by Crippen LogP contribution is -2.40. The molecule has 0 aliphatic carbocycles. The molecule has 0 amide bonds. The first-order valence-corrected chi connectivity index (χ1v) is 8.63. The fourth-order valence-electron chi connectivity index (χ4n) is 2.37. The van der Waals surface area contributed by atoms with Crippen LogP contribution in [0.4, 0.5) is 8.78 Å². The molecule has 2 aromatic heterocycles. The van der Waals surface area contributed by atoms with E-state index in [0.717, 1.165) is 12.1 Å². The van der Waals surface area contributed by atoms with Gasteiger partial charge in [-0.05, 0) is 24.3 Å². The third-order valence-corrected chi connectivity index (χ3v) is 3.70. The van der Waals surface area contributed by atoms with Gasteiger partial charge in [0.05, 0.1) is 12.8 Å². The number of benzene rings is 1. The first kappa shape index (κ1) is 19.3. The Morgan fingerprint density at radius 2 is 2.11 bits per heavy atom. The van der Waals surface area contributed by atoms with Crippen LogP contribution >= 0.6 is 0 Å². The molecule has 0 spiro atoms. The molecule has 0 aliphatic rings. The molecule has 0 unspecified atom stereocenters. The monoisotopic (exact) mass is 390 g/mol. The Hall–Kier alpha value is -3.43. The predicted octanol–water partition coefficient (Wildman–Crippen LogP) is 2.13. The van der Waals surface area contributed by atoms with E-state index in [2.05, 4.69) is 30.8 Å². The van der Waals surface area contributed by atoms with Crippen LogP contribution in [0.25, 0.3) is 11.6 Å². The lowest BCUT2D eigenvalue weighted by molar-refractivity contribution is 0.304. The van der Waals surface area contributed by atoms with Gasteiger partial charge in [-0.25, -0.2) is 13.8 Å². The number of hydrogen-bond donors (Lipinski definition) is 3. The molecule has 0 fully saturated rings. The molecule has 0 atom stereocenters. The number of rotatable bonds is 8. The van der Waals surface area contributed by atoms with Crippen LogP contribution in [-0.4, -0.2) is 47.9 Å². The van der Waals surface area contributed by atoms with Crippen molar-refractivity contribution in [2.45, 2.75) is 6.42 Å². The third kappa shape index (κ3) is 5.29. The zero-order chi connectivity index (χ0) is 19.8. The minimum Gasteiger partial charge on any atom is -0.489 e. The van der Waals surface area contributed by atoms with Gasteiger partial charge >= 0.3 is 0 Å². The maximum absolute atomic E-state index is 13.5. The minimum absolute atomic E-state index is 0.00354. The van der Waals surface area contributed by atoms with Crippen molar-refractivity contribution in [1.29, 1.82) is 0 Å². The molecular weight excluding hydrogens is 370 g/mol. The molecular formula is C18H20F2N6O2. The van der Waals surface area contributed by atoms with Crippen molar-refractivity contribution in [2.75, 3.05) is 26.7 Å². The fraction of sp³-hybridized carbons (Fsp3) is 0.278. The van der Waals surface area contributed by atoms with Crippen molar-refractivity contribution < 1.29 is 17.9 Å². The molecule has 28 heavy (non-hydrogen) atoms. The van der Waals surface area contributed by atoms with Crippen LogP contribution in [0.2, 0.25) is 0 Å². The molecule has 0 bridgehead atoms. The van der Waals surface area contributed by atoms with Gasteiger partial charge in [0, 0.05) is 26.1 Å². The van der Waals surface area contributed by atoms with Crippen molar-refractivity contribution in [2.24, 2.45) is 4.99 Å². The van der Waals surface area contributed by atoms with Crippen LogP contribution in [0.5, 0.6) is 5.75 Å². The van der Waals surface area contributed by atoms with Crippen molar-refractivity contribution in [3.05, 3.63) is 54.1 Å². The lowest BCUT2D eigenvalue weighted by Gasteiger charge is -2.12. The maximum Gasteiger partial charge on any atom is 0.216 e. The number of ether oxygens (including phenoxy) is 1. The second kappa shape index (κ2) is 9.49. The van der Waals surface area contributed by atoms with Crippen molar-refractivity contribution in [1.82, 2.24) is 25.8 Å². The zero-order valence-electron chi connectivity index (χ0n) is 15.2. The minimum atomic E-state index is -0.733. The van der Waals surface area contributed by atoms with E-state index < -0.39 is 11.6 Å². The Bertz CT molecular complexity index is 911. The third-order valence-electron chi connectivity index (χ3n) is 3.70. The summed E-state index contributed by atoms with van der Waals surface area (Å²) in [5.74, 6) is 1.01. The highest BCUT2D eigenvalue weighted by Gasteiger charge is 2.08. The second-order valence-corrected chi connectivity index (χ2v) is 5.68. The summed E-state index contributed by atoms with van der Waals surface area (Å²) in [5, 5.41) is 13.1. The van der Waals surface area contributed by atoms with E-state index in [4.69, 9.17) is 9.15 Å². The van der Waals surface area contributed by atoms with Crippen LogP contribution in [0.15, 0.2) is 46.0 Å². The van der Waals surface area contributed by atoms with Gasteiger partial charge in [-0.15, -0.1) is 0 Å². The highest BCUT2D eigenvalue weighted by molar-refractivity contribution is 5.79. The Morgan fingerprint density at radius 3 is 2.86 bits per heavy atom. The normalized spacial score (nSPS) is 11.5. The lowest BCUT2D eigenvalue weighted by atomic mass is 10.3. The molecule has 3 rings (SSSR count). The van der Waals surface area contributed by atoms with Crippen molar-refractivity contribution in [3.63, 3.8) is 0 Å². The first-order chi connectivity index (χ1) is 13.7. The van der Waals surface area contributed by atoms with Crippen molar-refractivity contribution in [3.8, 4) is 17.3 Å². The van der Waals surface area contributed by atoms with Gasteiger partial charge in [0.2, 0.25) is 5.82 Å². The van der Waals surface area contributed by atoms with E-state index in [1.807, 2.05) is 0 Å². The highest BCUT2D eigenvalue weighted by atomic mass is 19.1. The van der Waals surface area contributed by atoms with Gasteiger partial charge in [-0.1, -0.05) is 0 Å². The van der Waals surface area contributed by atoms with Crippen LogP contribution in [0.1, 0.15) is 5.82 Å². The van der Waals surface area contributed by atoms with E-state index >= 15 is 0 Å². The molecule has 0 radical (unpaired) electrons. The van der Waals surface area contributed by atoms with Crippen LogP contribution in [0.3, 0.4) is 0 Å². The van der Waals surface area contributed by atoms with E-state index in [1.54, 1.807) is 25.4 Å². The van der Waals surface area contributed by atoms with E-state index in [1.165, 1.54) is 6.07 Å². The average molecular weight is 390 g/mol. The summed E-state index contributed by atoms with van der Waals surface area (Å²) >= 11 is 0. The summed E-state index contributed by atoms with van der Waals surface area (Å²) in [5.41, 5.74) is 0. The maximum atomic E-state index is 13.5. The highest BCUT2D eigenvalue weighted by Crippen LogP contribution is 2.17. The number of nitrogens with one attached hydrogen (secondary N) is 3. The van der Waals surface area contributed by atoms with Gasteiger partial charge in [0.15, 0.2) is 23.3 Å². The van der Waals surface area contributed by atoms with Gasteiger partial charge in [-0.3, -0.25) is 10.1 Å². The van der Waals surface area contributed by atoms with Gasteiger partial charge < -0.3 is 19.8 Å². The van der Waals surface area contributed by atoms with Gasteiger partial charge in [0.25, 0.3) is 0 Å². The predicted molar refractivity (Wildman–Crippen MR) is 99.0 cm³/mol. The smallest absolute Gasteiger partial charge is 0.216 e. The van der Waals surface area contributed by atoms with E-state index in [9.17, 15) is 8.78 Å². The zero-order valence-corrected chi connectivity index (χ0v) is 15.2. The molecule has 0 saturated carbocycles.